The number of rotatable bonds is 5. The minimum atomic E-state index is -1.29. The molecule has 0 spiro atoms. The maximum absolute atomic E-state index is 14.8. The molecule has 0 saturated carbocycles. The lowest BCUT2D eigenvalue weighted by atomic mass is 10.0. The van der Waals surface area contributed by atoms with E-state index in [0.717, 1.165) is 6.07 Å². The number of carbonyl (C=O) groups excluding carboxylic acids is 3. The van der Waals surface area contributed by atoms with Gasteiger partial charge in [0.05, 0.1) is 11.1 Å². The number of carboxylic acids is 1. The second-order valence-electron chi connectivity index (χ2n) is 8.21. The van der Waals surface area contributed by atoms with E-state index in [2.05, 4.69) is 10.1 Å². The topological polar surface area (TPSA) is 137 Å². The summed E-state index contributed by atoms with van der Waals surface area (Å²) in [5.41, 5.74) is 0.504. The predicted molar refractivity (Wildman–Crippen MR) is 124 cm³/mol. The Morgan fingerprint density at radius 1 is 0.972 bits per heavy atom. The summed E-state index contributed by atoms with van der Waals surface area (Å²) in [7, 11) is 0. The highest BCUT2D eigenvalue weighted by atomic mass is 19.1. The van der Waals surface area contributed by atoms with E-state index in [1.807, 2.05) is 6.07 Å². The Morgan fingerprint density at radius 2 is 1.67 bits per heavy atom. The van der Waals surface area contributed by atoms with Gasteiger partial charge in [0.1, 0.15) is 5.82 Å². The Morgan fingerprint density at radius 3 is 2.33 bits per heavy atom. The lowest BCUT2D eigenvalue weighted by Crippen LogP contribution is -2.52. The number of amides is 2. The van der Waals surface area contributed by atoms with Crippen molar-refractivity contribution in [3.05, 3.63) is 77.4 Å². The first-order valence-corrected chi connectivity index (χ1v) is 11.0. The summed E-state index contributed by atoms with van der Waals surface area (Å²) >= 11 is 0. The molecule has 4 aromatic rings. The third-order valence-electron chi connectivity index (χ3n) is 6.09. The van der Waals surface area contributed by atoms with Crippen molar-refractivity contribution in [2.24, 2.45) is 0 Å². The number of hydrogen-bond acceptors (Lipinski definition) is 6. The third kappa shape index (κ3) is 4.00. The standard InChI is InChI=1S/C25H19FN4O6/c26-17-7-6-15(19-12-18(25(34)35)28-36-19)21-20(17)16(13-27-21)22(31)24(33)30-10-8-29(9-11-30)23(32)14-4-2-1-3-5-14/h1-7,12-13,27H,8-11H2,(H,34,35). The highest BCUT2D eigenvalue weighted by Crippen LogP contribution is 2.32. The summed E-state index contributed by atoms with van der Waals surface area (Å²) in [5, 5.41) is 12.4. The summed E-state index contributed by atoms with van der Waals surface area (Å²) in [6.45, 7) is 0.845. The number of carbonyl (C=O) groups is 4. The van der Waals surface area contributed by atoms with Gasteiger partial charge in [-0.1, -0.05) is 23.4 Å². The van der Waals surface area contributed by atoms with Crippen LogP contribution in [-0.4, -0.2) is 74.8 Å². The third-order valence-corrected chi connectivity index (χ3v) is 6.09. The van der Waals surface area contributed by atoms with Crippen molar-refractivity contribution in [1.82, 2.24) is 19.9 Å². The number of fused-ring (bicyclic) bond motifs is 1. The summed E-state index contributed by atoms with van der Waals surface area (Å²) < 4.78 is 19.9. The minimum absolute atomic E-state index is 0.0591. The number of carboxylic acid groups (broad SMARTS) is 1. The highest BCUT2D eigenvalue weighted by Gasteiger charge is 2.31. The molecule has 0 aliphatic carbocycles. The van der Waals surface area contributed by atoms with Gasteiger partial charge >= 0.3 is 5.97 Å². The van der Waals surface area contributed by atoms with Gasteiger partial charge in [-0.15, -0.1) is 0 Å². The van der Waals surface area contributed by atoms with Crippen molar-refractivity contribution in [3.63, 3.8) is 0 Å². The van der Waals surface area contributed by atoms with Gasteiger partial charge in [0.15, 0.2) is 11.5 Å². The molecule has 1 saturated heterocycles. The van der Waals surface area contributed by atoms with Crippen LogP contribution in [0.5, 0.6) is 0 Å². The molecule has 1 fully saturated rings. The zero-order valence-corrected chi connectivity index (χ0v) is 18.7. The Bertz CT molecular complexity index is 1500. The first kappa shape index (κ1) is 23.0. The monoisotopic (exact) mass is 490 g/mol. The van der Waals surface area contributed by atoms with Crippen molar-refractivity contribution < 1.29 is 33.2 Å². The molecule has 1 aliphatic heterocycles. The molecule has 2 N–H and O–H groups in total. The number of aromatic carboxylic acids is 1. The fourth-order valence-electron chi connectivity index (χ4n) is 4.23. The average molecular weight is 490 g/mol. The van der Waals surface area contributed by atoms with E-state index < -0.39 is 23.5 Å². The Hall–Kier alpha value is -4.80. The number of ketones is 1. The number of piperazine rings is 1. The van der Waals surface area contributed by atoms with Crippen LogP contribution < -0.4 is 0 Å². The maximum atomic E-state index is 14.8. The van der Waals surface area contributed by atoms with Crippen molar-refractivity contribution in [1.29, 1.82) is 0 Å². The van der Waals surface area contributed by atoms with E-state index in [1.54, 1.807) is 29.2 Å². The van der Waals surface area contributed by atoms with Crippen LogP contribution in [-0.2, 0) is 4.79 Å². The predicted octanol–water partition coefficient (Wildman–Crippen LogP) is 2.83. The number of benzene rings is 2. The van der Waals surface area contributed by atoms with Crippen LogP contribution in [0.3, 0.4) is 0 Å². The fourth-order valence-corrected chi connectivity index (χ4v) is 4.23. The second-order valence-corrected chi connectivity index (χ2v) is 8.21. The van der Waals surface area contributed by atoms with Crippen LogP contribution in [0.2, 0.25) is 0 Å². The minimum Gasteiger partial charge on any atom is -0.476 e. The van der Waals surface area contributed by atoms with E-state index in [0.29, 0.717) is 5.56 Å². The van der Waals surface area contributed by atoms with Gasteiger partial charge in [-0.2, -0.15) is 0 Å². The quantitative estimate of drug-likeness (QED) is 0.324. The van der Waals surface area contributed by atoms with Gasteiger partial charge in [0.2, 0.25) is 0 Å². The Labute approximate surface area is 202 Å². The zero-order chi connectivity index (χ0) is 25.4. The molecule has 11 heteroatoms. The largest absolute Gasteiger partial charge is 0.476 e. The number of H-pyrrole nitrogens is 1. The molecule has 2 aromatic carbocycles. The maximum Gasteiger partial charge on any atom is 0.358 e. The van der Waals surface area contributed by atoms with Crippen molar-refractivity contribution in [2.45, 2.75) is 0 Å². The number of nitrogens with zero attached hydrogens (tertiary/aromatic N) is 3. The highest BCUT2D eigenvalue weighted by molar-refractivity contribution is 6.45. The van der Waals surface area contributed by atoms with Gasteiger partial charge in [-0.05, 0) is 24.3 Å². The summed E-state index contributed by atoms with van der Waals surface area (Å²) in [6.07, 6.45) is 1.24. The lowest BCUT2D eigenvalue weighted by Gasteiger charge is -2.34. The molecule has 2 amide bonds. The van der Waals surface area contributed by atoms with Gasteiger partial charge in [0.25, 0.3) is 17.6 Å². The molecular formula is C25H19FN4O6. The number of aromatic nitrogens is 2. The van der Waals surface area contributed by atoms with Crippen molar-refractivity contribution in [3.8, 4) is 11.3 Å². The van der Waals surface area contributed by atoms with E-state index in [-0.39, 0.29) is 65.6 Å². The van der Waals surface area contributed by atoms with E-state index in [1.165, 1.54) is 23.2 Å². The van der Waals surface area contributed by atoms with Crippen LogP contribution in [0.1, 0.15) is 31.2 Å². The molecule has 3 heterocycles. The number of nitrogens with one attached hydrogen (secondary N) is 1. The van der Waals surface area contributed by atoms with Gasteiger partial charge in [0, 0.05) is 55.0 Å². The zero-order valence-electron chi connectivity index (χ0n) is 18.7. The van der Waals surface area contributed by atoms with Crippen LogP contribution in [0.25, 0.3) is 22.2 Å². The van der Waals surface area contributed by atoms with Crippen LogP contribution >= 0.6 is 0 Å². The molecule has 10 nitrogen and oxygen atoms in total. The number of Topliss-reactive ketones (excluding diaryl/α,β-unsaturated/α-hetero) is 1. The SMILES string of the molecule is O=C(O)c1cc(-c2ccc(F)c3c(C(=O)C(=O)N4CCN(C(=O)c5ccccc5)CC4)c[nH]c23)on1. The van der Waals surface area contributed by atoms with E-state index >= 15 is 0 Å². The molecule has 0 bridgehead atoms. The number of aromatic amines is 1. The summed E-state index contributed by atoms with van der Waals surface area (Å²) in [6, 6.07) is 12.4. The van der Waals surface area contributed by atoms with Gasteiger partial charge in [-0.3, -0.25) is 14.4 Å². The molecule has 0 radical (unpaired) electrons. The Kier molecular flexibility index (Phi) is 5.80. The molecule has 0 atom stereocenters. The molecule has 1 aliphatic rings. The Balaban J connectivity index is 1.35. The molecule has 182 valence electrons. The van der Waals surface area contributed by atoms with E-state index in [4.69, 9.17) is 9.63 Å². The first-order chi connectivity index (χ1) is 17.3. The fraction of sp³-hybridized carbons (Fsp3) is 0.160. The van der Waals surface area contributed by atoms with E-state index in [9.17, 15) is 23.6 Å². The van der Waals surface area contributed by atoms with Gasteiger partial charge < -0.3 is 24.4 Å². The lowest BCUT2D eigenvalue weighted by molar-refractivity contribution is -0.127. The normalized spacial score (nSPS) is 13.7. The van der Waals surface area contributed by atoms with Crippen LogP contribution in [0.4, 0.5) is 4.39 Å². The van der Waals surface area contributed by atoms with Crippen LogP contribution in [0, 0.1) is 5.82 Å². The molecular weight excluding hydrogens is 471 g/mol. The second kappa shape index (κ2) is 9.10. The van der Waals surface area contributed by atoms with Crippen molar-refractivity contribution in [2.75, 3.05) is 26.2 Å². The number of hydrogen-bond donors (Lipinski definition) is 2. The molecule has 0 unspecified atom stereocenters. The van der Waals surface area contributed by atoms with Crippen LogP contribution in [0.15, 0.2) is 59.3 Å². The average Bonchev–Trinajstić information content (AvgIpc) is 3.57. The summed E-state index contributed by atoms with van der Waals surface area (Å²) in [4.78, 5) is 55.5. The van der Waals surface area contributed by atoms with Crippen molar-refractivity contribution >= 4 is 34.5 Å². The molecule has 2 aromatic heterocycles. The molecule has 5 rings (SSSR count). The molecule has 36 heavy (non-hydrogen) atoms. The van der Waals surface area contributed by atoms with Gasteiger partial charge in [-0.25, -0.2) is 9.18 Å². The number of halogens is 1. The smallest absolute Gasteiger partial charge is 0.358 e. The first-order valence-electron chi connectivity index (χ1n) is 11.0. The summed E-state index contributed by atoms with van der Waals surface area (Å²) in [5.74, 6) is -3.82.